The molecule has 0 aliphatic rings. The number of primary amides is 1. The number of nitrogens with two attached hydrogens (primary N) is 1. The lowest BCUT2D eigenvalue weighted by Crippen LogP contribution is -2.26. The summed E-state index contributed by atoms with van der Waals surface area (Å²) in [5.41, 5.74) is 6.36. The Morgan fingerprint density at radius 3 is 2.20 bits per heavy atom. The molecule has 8 nitrogen and oxygen atoms in total. The summed E-state index contributed by atoms with van der Waals surface area (Å²) in [5.74, 6) is 1.07. The fourth-order valence-electron chi connectivity index (χ4n) is 2.78. The van der Waals surface area contributed by atoms with Gasteiger partial charge < -0.3 is 30.0 Å². The normalized spacial score (nSPS) is 11.3. The van der Waals surface area contributed by atoms with E-state index in [9.17, 15) is 9.59 Å². The number of carbonyl (C=O) groups excluding carboxylic acids is 2. The van der Waals surface area contributed by atoms with Gasteiger partial charge in [-0.05, 0) is 56.7 Å². The standard InChI is InChI=1S/C22H28N2O6/c1-5-28-18-9-7-15(11-20(18)29-6-2)14(3)24-22(26)16-8-10-17(19(12-16)27-4)30-13-21(23)25/h7-12,14H,5-6,13H2,1-4H3,(H2,23,25)(H,24,26). The zero-order chi connectivity index (χ0) is 22.1. The molecule has 0 saturated heterocycles. The Hall–Kier alpha value is -3.42. The third-order valence-electron chi connectivity index (χ3n) is 4.21. The molecule has 1 atom stereocenters. The first kappa shape index (κ1) is 22.9. The second-order valence-corrected chi connectivity index (χ2v) is 6.39. The zero-order valence-corrected chi connectivity index (χ0v) is 17.7. The number of hydrogen-bond donors (Lipinski definition) is 2. The van der Waals surface area contributed by atoms with Gasteiger partial charge in [0.2, 0.25) is 0 Å². The minimum atomic E-state index is -0.602. The Morgan fingerprint density at radius 2 is 1.57 bits per heavy atom. The second-order valence-electron chi connectivity index (χ2n) is 6.39. The number of nitrogens with one attached hydrogen (secondary N) is 1. The van der Waals surface area contributed by atoms with Crippen LogP contribution in [-0.4, -0.2) is 38.7 Å². The first-order valence-corrected chi connectivity index (χ1v) is 9.69. The molecule has 0 fully saturated rings. The molecule has 2 amide bonds. The molecular weight excluding hydrogens is 388 g/mol. The molecular formula is C22H28N2O6. The number of benzene rings is 2. The maximum Gasteiger partial charge on any atom is 0.255 e. The number of ether oxygens (including phenoxy) is 4. The number of amides is 2. The van der Waals surface area contributed by atoms with Gasteiger partial charge in [-0.3, -0.25) is 9.59 Å². The maximum atomic E-state index is 12.7. The Kier molecular flexibility index (Phi) is 8.34. The lowest BCUT2D eigenvalue weighted by molar-refractivity contribution is -0.119. The molecule has 2 rings (SSSR count). The highest BCUT2D eigenvalue weighted by molar-refractivity contribution is 5.95. The summed E-state index contributed by atoms with van der Waals surface area (Å²) >= 11 is 0. The van der Waals surface area contributed by atoms with E-state index in [-0.39, 0.29) is 18.6 Å². The monoisotopic (exact) mass is 416 g/mol. The molecule has 0 saturated carbocycles. The summed E-state index contributed by atoms with van der Waals surface area (Å²) in [4.78, 5) is 23.6. The van der Waals surface area contributed by atoms with Crippen molar-refractivity contribution in [2.75, 3.05) is 26.9 Å². The highest BCUT2D eigenvalue weighted by Gasteiger charge is 2.16. The van der Waals surface area contributed by atoms with Crippen molar-refractivity contribution in [1.29, 1.82) is 0 Å². The Bertz CT molecular complexity index is 884. The summed E-state index contributed by atoms with van der Waals surface area (Å²) in [7, 11) is 1.45. The van der Waals surface area contributed by atoms with Crippen LogP contribution in [-0.2, 0) is 4.79 Å². The van der Waals surface area contributed by atoms with Crippen LogP contribution >= 0.6 is 0 Å². The first-order valence-electron chi connectivity index (χ1n) is 9.69. The molecule has 0 aliphatic carbocycles. The van der Waals surface area contributed by atoms with Crippen molar-refractivity contribution in [3.8, 4) is 23.0 Å². The lowest BCUT2D eigenvalue weighted by Gasteiger charge is -2.18. The molecule has 3 N–H and O–H groups in total. The molecule has 0 heterocycles. The van der Waals surface area contributed by atoms with Crippen LogP contribution in [0.4, 0.5) is 0 Å². The highest BCUT2D eigenvalue weighted by Crippen LogP contribution is 2.31. The summed E-state index contributed by atoms with van der Waals surface area (Å²) in [5, 5.41) is 2.95. The van der Waals surface area contributed by atoms with E-state index in [4.69, 9.17) is 24.7 Å². The van der Waals surface area contributed by atoms with Crippen molar-refractivity contribution in [3.05, 3.63) is 47.5 Å². The van der Waals surface area contributed by atoms with Gasteiger partial charge in [-0.25, -0.2) is 0 Å². The average molecular weight is 416 g/mol. The summed E-state index contributed by atoms with van der Waals surface area (Å²) in [6, 6.07) is 10.0. The average Bonchev–Trinajstić information content (AvgIpc) is 2.73. The molecule has 2 aromatic rings. The summed E-state index contributed by atoms with van der Waals surface area (Å²) in [6.45, 7) is 6.45. The van der Waals surface area contributed by atoms with Crippen LogP contribution in [0.25, 0.3) is 0 Å². The van der Waals surface area contributed by atoms with Gasteiger partial charge in [0.25, 0.3) is 11.8 Å². The molecule has 0 spiro atoms. The molecule has 0 radical (unpaired) electrons. The molecule has 8 heteroatoms. The van der Waals surface area contributed by atoms with Crippen LogP contribution in [0, 0.1) is 0 Å². The molecule has 162 valence electrons. The summed E-state index contributed by atoms with van der Waals surface area (Å²) < 4.78 is 21.8. The van der Waals surface area contributed by atoms with Crippen LogP contribution in [0.3, 0.4) is 0 Å². The Labute approximate surface area is 176 Å². The van der Waals surface area contributed by atoms with Crippen molar-refractivity contribution in [1.82, 2.24) is 5.32 Å². The third kappa shape index (κ3) is 6.04. The smallest absolute Gasteiger partial charge is 0.255 e. The Morgan fingerprint density at radius 1 is 0.933 bits per heavy atom. The van der Waals surface area contributed by atoms with E-state index in [2.05, 4.69) is 5.32 Å². The first-order chi connectivity index (χ1) is 14.4. The van der Waals surface area contributed by atoms with E-state index >= 15 is 0 Å². The van der Waals surface area contributed by atoms with Gasteiger partial charge in [-0.1, -0.05) is 6.07 Å². The van der Waals surface area contributed by atoms with E-state index in [1.807, 2.05) is 39.0 Å². The Balaban J connectivity index is 2.15. The fourth-order valence-corrected chi connectivity index (χ4v) is 2.78. The van der Waals surface area contributed by atoms with Gasteiger partial charge in [0.15, 0.2) is 29.6 Å². The zero-order valence-electron chi connectivity index (χ0n) is 17.7. The predicted molar refractivity (Wildman–Crippen MR) is 112 cm³/mol. The molecule has 2 aromatic carbocycles. The van der Waals surface area contributed by atoms with Gasteiger partial charge in [-0.15, -0.1) is 0 Å². The van der Waals surface area contributed by atoms with Gasteiger partial charge >= 0.3 is 0 Å². The second kappa shape index (κ2) is 10.9. The van der Waals surface area contributed by atoms with Gasteiger partial charge in [0.1, 0.15) is 0 Å². The van der Waals surface area contributed by atoms with Crippen molar-refractivity contribution < 1.29 is 28.5 Å². The van der Waals surface area contributed by atoms with E-state index in [0.717, 1.165) is 5.56 Å². The van der Waals surface area contributed by atoms with Crippen LogP contribution in [0.15, 0.2) is 36.4 Å². The van der Waals surface area contributed by atoms with E-state index in [1.165, 1.54) is 7.11 Å². The molecule has 1 unspecified atom stereocenters. The lowest BCUT2D eigenvalue weighted by atomic mass is 10.1. The number of carbonyl (C=O) groups is 2. The SMILES string of the molecule is CCOc1ccc(C(C)NC(=O)c2ccc(OCC(N)=O)c(OC)c2)cc1OCC. The van der Waals surface area contributed by atoms with E-state index in [1.54, 1.807) is 18.2 Å². The molecule has 30 heavy (non-hydrogen) atoms. The largest absolute Gasteiger partial charge is 0.493 e. The summed E-state index contributed by atoms with van der Waals surface area (Å²) in [6.07, 6.45) is 0. The van der Waals surface area contributed by atoms with Crippen molar-refractivity contribution in [3.63, 3.8) is 0 Å². The number of rotatable bonds is 11. The predicted octanol–water partition coefficient (Wildman–Crippen LogP) is 2.85. The number of hydrogen-bond acceptors (Lipinski definition) is 6. The topological polar surface area (TPSA) is 109 Å². The minimum absolute atomic E-state index is 0.274. The minimum Gasteiger partial charge on any atom is -0.493 e. The maximum absolute atomic E-state index is 12.7. The van der Waals surface area contributed by atoms with Crippen LogP contribution in [0.5, 0.6) is 23.0 Å². The molecule has 0 bridgehead atoms. The van der Waals surface area contributed by atoms with Gasteiger partial charge in [0, 0.05) is 5.56 Å². The van der Waals surface area contributed by atoms with E-state index < -0.39 is 5.91 Å². The van der Waals surface area contributed by atoms with Crippen LogP contribution < -0.4 is 30.0 Å². The van der Waals surface area contributed by atoms with Gasteiger partial charge in [0.05, 0.1) is 26.4 Å². The van der Waals surface area contributed by atoms with Crippen LogP contribution in [0.2, 0.25) is 0 Å². The van der Waals surface area contributed by atoms with Crippen molar-refractivity contribution >= 4 is 11.8 Å². The fraction of sp³-hybridized carbons (Fsp3) is 0.364. The quantitative estimate of drug-likeness (QED) is 0.583. The highest BCUT2D eigenvalue weighted by atomic mass is 16.5. The van der Waals surface area contributed by atoms with Gasteiger partial charge in [-0.2, -0.15) is 0 Å². The van der Waals surface area contributed by atoms with Crippen molar-refractivity contribution in [2.45, 2.75) is 26.8 Å². The van der Waals surface area contributed by atoms with Crippen molar-refractivity contribution in [2.24, 2.45) is 5.73 Å². The van der Waals surface area contributed by atoms with Crippen LogP contribution in [0.1, 0.15) is 42.7 Å². The third-order valence-corrected chi connectivity index (χ3v) is 4.21. The molecule has 0 aromatic heterocycles. The van der Waals surface area contributed by atoms with E-state index in [0.29, 0.717) is 41.8 Å². The molecule has 0 aliphatic heterocycles. The number of methoxy groups -OCH3 is 1.